The second-order valence-electron chi connectivity index (χ2n) is 6.36. The van der Waals surface area contributed by atoms with Crippen LogP contribution in [0.2, 0.25) is 0 Å². The standard InChI is InChI=1S/C20H22N4O5/c1-4-7-28-14-6-5-11(8-15(14)26-2)17-12(10-21)19(22)29-20-18(17)13(23-24-20)9-16(25)27-3/h5-6,8,17H,4,7,9,22H2,1-3H3,(H,23,24). The highest BCUT2D eigenvalue weighted by atomic mass is 16.5. The minimum Gasteiger partial charge on any atom is -0.493 e. The fourth-order valence-electron chi connectivity index (χ4n) is 3.19. The molecule has 2 aromatic rings. The Kier molecular flexibility index (Phi) is 5.93. The smallest absolute Gasteiger partial charge is 0.311 e. The number of methoxy groups -OCH3 is 2. The van der Waals surface area contributed by atoms with Crippen molar-refractivity contribution in [1.29, 1.82) is 5.26 Å². The van der Waals surface area contributed by atoms with Gasteiger partial charge in [0, 0.05) is 0 Å². The summed E-state index contributed by atoms with van der Waals surface area (Å²) in [5.74, 6) is 0.274. The summed E-state index contributed by atoms with van der Waals surface area (Å²) in [6.07, 6.45) is 0.810. The third kappa shape index (κ3) is 3.82. The molecule has 0 saturated carbocycles. The number of nitriles is 1. The van der Waals surface area contributed by atoms with E-state index in [1.807, 2.05) is 13.0 Å². The van der Waals surface area contributed by atoms with Crippen molar-refractivity contribution in [2.75, 3.05) is 20.8 Å². The number of rotatable bonds is 7. The van der Waals surface area contributed by atoms with Crippen molar-refractivity contribution in [2.45, 2.75) is 25.7 Å². The Hall–Kier alpha value is -3.67. The Labute approximate surface area is 168 Å². The summed E-state index contributed by atoms with van der Waals surface area (Å²) >= 11 is 0. The van der Waals surface area contributed by atoms with Gasteiger partial charge in [0.25, 0.3) is 0 Å². The summed E-state index contributed by atoms with van der Waals surface area (Å²) in [5, 5.41) is 16.6. The first-order chi connectivity index (χ1) is 14.0. The van der Waals surface area contributed by atoms with Gasteiger partial charge in [0.2, 0.25) is 11.8 Å². The summed E-state index contributed by atoms with van der Waals surface area (Å²) in [6.45, 7) is 2.57. The van der Waals surface area contributed by atoms with Crippen LogP contribution in [0, 0.1) is 11.3 Å². The second kappa shape index (κ2) is 8.56. The van der Waals surface area contributed by atoms with Gasteiger partial charge in [0.1, 0.15) is 11.6 Å². The molecule has 3 N–H and O–H groups in total. The van der Waals surface area contributed by atoms with Crippen molar-refractivity contribution >= 4 is 5.97 Å². The van der Waals surface area contributed by atoms with E-state index in [0.29, 0.717) is 29.4 Å². The van der Waals surface area contributed by atoms with Gasteiger partial charge >= 0.3 is 5.97 Å². The molecule has 0 saturated heterocycles. The number of nitrogens with zero attached hydrogens (tertiary/aromatic N) is 2. The molecular formula is C20H22N4O5. The van der Waals surface area contributed by atoms with Gasteiger partial charge < -0.3 is 24.7 Å². The zero-order chi connectivity index (χ0) is 21.0. The number of fused-ring (bicyclic) bond motifs is 1. The second-order valence-corrected chi connectivity index (χ2v) is 6.36. The van der Waals surface area contributed by atoms with Crippen molar-refractivity contribution in [1.82, 2.24) is 10.2 Å². The summed E-state index contributed by atoms with van der Waals surface area (Å²) in [4.78, 5) is 11.8. The first kappa shape index (κ1) is 20.1. The minimum atomic E-state index is -0.587. The number of benzene rings is 1. The molecule has 152 valence electrons. The quantitative estimate of drug-likeness (QED) is 0.678. The number of hydrogen-bond donors (Lipinski definition) is 2. The number of hydrogen-bond acceptors (Lipinski definition) is 8. The lowest BCUT2D eigenvalue weighted by Gasteiger charge is -2.24. The maximum atomic E-state index is 11.8. The predicted octanol–water partition coefficient (Wildman–Crippen LogP) is 2.14. The third-order valence-electron chi connectivity index (χ3n) is 4.55. The van der Waals surface area contributed by atoms with Gasteiger partial charge in [-0.1, -0.05) is 13.0 Å². The number of esters is 1. The molecule has 0 fully saturated rings. The van der Waals surface area contributed by atoms with Crippen LogP contribution in [0.25, 0.3) is 0 Å². The van der Waals surface area contributed by atoms with Crippen molar-refractivity contribution in [3.05, 3.63) is 46.5 Å². The van der Waals surface area contributed by atoms with Crippen LogP contribution in [0.3, 0.4) is 0 Å². The van der Waals surface area contributed by atoms with Crippen LogP contribution >= 0.6 is 0 Å². The van der Waals surface area contributed by atoms with E-state index in [1.54, 1.807) is 19.2 Å². The molecule has 0 radical (unpaired) electrons. The van der Waals surface area contributed by atoms with Crippen LogP contribution in [0.4, 0.5) is 0 Å². The average Bonchev–Trinajstić information content (AvgIpc) is 3.12. The van der Waals surface area contributed by atoms with Crippen LogP contribution < -0.4 is 19.9 Å². The molecule has 0 amide bonds. The highest BCUT2D eigenvalue weighted by molar-refractivity contribution is 5.73. The van der Waals surface area contributed by atoms with Crippen LogP contribution in [-0.4, -0.2) is 37.0 Å². The van der Waals surface area contributed by atoms with E-state index < -0.39 is 11.9 Å². The van der Waals surface area contributed by atoms with Gasteiger partial charge in [-0.05, 0) is 24.1 Å². The molecule has 1 aliphatic rings. The number of carbonyl (C=O) groups excluding carboxylic acids is 1. The van der Waals surface area contributed by atoms with Gasteiger partial charge in [0.15, 0.2) is 11.5 Å². The zero-order valence-corrected chi connectivity index (χ0v) is 16.4. The highest BCUT2D eigenvalue weighted by Crippen LogP contribution is 2.44. The largest absolute Gasteiger partial charge is 0.493 e. The number of allylic oxidation sites excluding steroid dienone is 1. The molecule has 0 aliphatic carbocycles. The van der Waals surface area contributed by atoms with Gasteiger partial charge in [-0.3, -0.25) is 9.89 Å². The van der Waals surface area contributed by atoms with Gasteiger partial charge in [0.05, 0.1) is 44.4 Å². The van der Waals surface area contributed by atoms with Crippen LogP contribution in [-0.2, 0) is 16.0 Å². The molecule has 1 aromatic heterocycles. The first-order valence-corrected chi connectivity index (χ1v) is 9.06. The first-order valence-electron chi connectivity index (χ1n) is 9.06. The molecule has 9 heteroatoms. The van der Waals surface area contributed by atoms with E-state index in [-0.39, 0.29) is 23.8 Å². The van der Waals surface area contributed by atoms with Crippen molar-refractivity contribution in [3.63, 3.8) is 0 Å². The van der Waals surface area contributed by atoms with Crippen molar-refractivity contribution in [2.24, 2.45) is 5.73 Å². The Morgan fingerprint density at radius 1 is 1.38 bits per heavy atom. The zero-order valence-electron chi connectivity index (χ0n) is 16.4. The van der Waals surface area contributed by atoms with Crippen LogP contribution in [0.5, 0.6) is 17.4 Å². The maximum absolute atomic E-state index is 11.8. The van der Waals surface area contributed by atoms with E-state index in [9.17, 15) is 10.1 Å². The molecule has 2 heterocycles. The number of nitrogens with two attached hydrogens (primary N) is 1. The van der Waals surface area contributed by atoms with Crippen molar-refractivity contribution in [3.8, 4) is 23.4 Å². The number of carbonyl (C=O) groups is 1. The monoisotopic (exact) mass is 398 g/mol. The Balaban J connectivity index is 2.11. The number of H-pyrrole nitrogens is 1. The maximum Gasteiger partial charge on any atom is 0.311 e. The predicted molar refractivity (Wildman–Crippen MR) is 102 cm³/mol. The molecule has 1 aromatic carbocycles. The van der Waals surface area contributed by atoms with Crippen molar-refractivity contribution < 1.29 is 23.7 Å². The topological polar surface area (TPSA) is 132 Å². The van der Waals surface area contributed by atoms with Gasteiger partial charge in [-0.25, -0.2) is 0 Å². The summed E-state index contributed by atoms with van der Waals surface area (Å²) in [6, 6.07) is 7.50. The molecular weight excluding hydrogens is 376 g/mol. The summed E-state index contributed by atoms with van der Waals surface area (Å²) in [5.41, 5.74) is 7.96. The van der Waals surface area contributed by atoms with E-state index in [1.165, 1.54) is 7.11 Å². The molecule has 3 rings (SSSR count). The molecule has 1 aliphatic heterocycles. The normalized spacial score (nSPS) is 15.2. The highest BCUT2D eigenvalue weighted by Gasteiger charge is 2.36. The molecule has 9 nitrogen and oxygen atoms in total. The van der Waals surface area contributed by atoms with Crippen LogP contribution in [0.1, 0.15) is 36.1 Å². The SMILES string of the molecule is CCCOc1ccc(C2C(C#N)=C(N)Oc3n[nH]c(CC(=O)OC)c32)cc1OC. The van der Waals surface area contributed by atoms with Crippen LogP contribution in [0.15, 0.2) is 29.7 Å². The molecule has 29 heavy (non-hydrogen) atoms. The third-order valence-corrected chi connectivity index (χ3v) is 4.55. The molecule has 1 atom stereocenters. The van der Waals surface area contributed by atoms with E-state index in [4.69, 9.17) is 24.7 Å². The number of nitrogens with one attached hydrogen (secondary N) is 1. The lowest BCUT2D eigenvalue weighted by Crippen LogP contribution is -2.22. The molecule has 0 bridgehead atoms. The number of aromatic amines is 1. The Morgan fingerprint density at radius 2 is 2.17 bits per heavy atom. The lowest BCUT2D eigenvalue weighted by atomic mass is 9.83. The van der Waals surface area contributed by atoms with E-state index >= 15 is 0 Å². The minimum absolute atomic E-state index is 0.0357. The fourth-order valence-corrected chi connectivity index (χ4v) is 3.19. The number of ether oxygens (including phenoxy) is 4. The molecule has 0 spiro atoms. The molecule has 1 unspecified atom stereocenters. The van der Waals surface area contributed by atoms with Gasteiger partial charge in [-0.2, -0.15) is 5.26 Å². The van der Waals surface area contributed by atoms with Gasteiger partial charge in [-0.15, -0.1) is 5.10 Å². The number of aromatic nitrogens is 2. The Morgan fingerprint density at radius 3 is 2.83 bits per heavy atom. The lowest BCUT2D eigenvalue weighted by molar-refractivity contribution is -0.139. The Bertz CT molecular complexity index is 989. The summed E-state index contributed by atoms with van der Waals surface area (Å²) < 4.78 is 21.4. The average molecular weight is 398 g/mol. The van der Waals surface area contributed by atoms with E-state index in [0.717, 1.165) is 12.0 Å². The fraction of sp³-hybridized carbons (Fsp3) is 0.350. The summed E-state index contributed by atoms with van der Waals surface area (Å²) in [7, 11) is 2.85. The van der Waals surface area contributed by atoms with E-state index in [2.05, 4.69) is 16.3 Å².